The molecular weight excluding hydrogens is 282 g/mol. The molecule has 0 aliphatic carbocycles. The zero-order valence-corrected chi connectivity index (χ0v) is 13.0. The smallest absolute Gasteiger partial charge is 0.262 e. The Hall–Kier alpha value is -2.43. The molecule has 0 N–H and O–H groups in total. The van der Waals surface area contributed by atoms with Crippen LogP contribution in [-0.4, -0.2) is 25.7 Å². The molecule has 0 fully saturated rings. The van der Waals surface area contributed by atoms with Gasteiger partial charge < -0.3 is 18.8 Å². The number of benzene rings is 1. The Balaban J connectivity index is 2.02. The molecule has 2 heterocycles. The van der Waals surface area contributed by atoms with Crippen LogP contribution in [0.3, 0.4) is 0 Å². The minimum atomic E-state index is -0.0738. The minimum absolute atomic E-state index is 0.0678. The van der Waals surface area contributed by atoms with Crippen molar-refractivity contribution in [3.63, 3.8) is 0 Å². The summed E-state index contributed by atoms with van der Waals surface area (Å²) < 4.78 is 16.5. The largest absolute Gasteiger partial charge is 0.497 e. The van der Waals surface area contributed by atoms with Crippen molar-refractivity contribution in [3.05, 3.63) is 41.9 Å². The number of aryl methyl sites for hydroxylation is 1. The van der Waals surface area contributed by atoms with Crippen molar-refractivity contribution in [2.45, 2.75) is 26.4 Å². The van der Waals surface area contributed by atoms with Crippen molar-refractivity contribution in [2.24, 2.45) is 0 Å². The van der Waals surface area contributed by atoms with Crippen molar-refractivity contribution >= 4 is 11.6 Å². The molecule has 5 nitrogen and oxygen atoms in total. The highest BCUT2D eigenvalue weighted by Gasteiger charge is 2.30. The van der Waals surface area contributed by atoms with Gasteiger partial charge in [0.1, 0.15) is 23.4 Å². The number of ether oxygens (including phenoxy) is 2. The molecule has 1 unspecified atom stereocenters. The fourth-order valence-corrected chi connectivity index (χ4v) is 2.69. The Kier molecular flexibility index (Phi) is 3.79. The number of anilines is 1. The molecule has 1 aliphatic heterocycles. The number of carbonyl (C=O) groups is 1. The van der Waals surface area contributed by atoms with Gasteiger partial charge in [-0.05, 0) is 25.1 Å². The zero-order chi connectivity index (χ0) is 15.7. The topological polar surface area (TPSA) is 51.9 Å². The fourth-order valence-electron chi connectivity index (χ4n) is 2.69. The summed E-state index contributed by atoms with van der Waals surface area (Å²) in [6.07, 6.45) is 2.17. The SMILES string of the molecule is CCc1occc1C(=O)N1CC(C)Oc2ccc(OC)cc21. The number of methoxy groups -OCH3 is 1. The molecule has 0 saturated heterocycles. The first kappa shape index (κ1) is 14.5. The quantitative estimate of drug-likeness (QED) is 0.873. The molecule has 1 aliphatic rings. The first-order valence-corrected chi connectivity index (χ1v) is 7.37. The Morgan fingerprint density at radius 1 is 1.41 bits per heavy atom. The molecule has 1 aromatic heterocycles. The van der Waals surface area contributed by atoms with Gasteiger partial charge in [0, 0.05) is 12.5 Å². The second-order valence-corrected chi connectivity index (χ2v) is 5.29. The van der Waals surface area contributed by atoms with E-state index in [0.29, 0.717) is 35.8 Å². The summed E-state index contributed by atoms with van der Waals surface area (Å²) in [4.78, 5) is 14.7. The molecule has 2 aromatic rings. The zero-order valence-electron chi connectivity index (χ0n) is 13.0. The summed E-state index contributed by atoms with van der Waals surface area (Å²) in [5, 5.41) is 0. The Morgan fingerprint density at radius 3 is 2.95 bits per heavy atom. The number of rotatable bonds is 3. The lowest BCUT2D eigenvalue weighted by atomic mass is 10.1. The third-order valence-corrected chi connectivity index (χ3v) is 3.77. The third-order valence-electron chi connectivity index (χ3n) is 3.77. The van der Waals surface area contributed by atoms with Gasteiger partial charge in [0.2, 0.25) is 0 Å². The highest BCUT2D eigenvalue weighted by atomic mass is 16.5. The van der Waals surface area contributed by atoms with Crippen LogP contribution in [0.5, 0.6) is 11.5 Å². The Morgan fingerprint density at radius 2 is 2.23 bits per heavy atom. The van der Waals surface area contributed by atoms with Crippen LogP contribution in [0.25, 0.3) is 0 Å². The number of hydrogen-bond acceptors (Lipinski definition) is 4. The number of nitrogens with zero attached hydrogens (tertiary/aromatic N) is 1. The Labute approximate surface area is 129 Å². The number of furan rings is 1. The molecular formula is C17H19NO4. The number of hydrogen-bond donors (Lipinski definition) is 0. The lowest BCUT2D eigenvalue weighted by Gasteiger charge is -2.33. The van der Waals surface area contributed by atoms with E-state index in [4.69, 9.17) is 13.9 Å². The van der Waals surface area contributed by atoms with Gasteiger partial charge in [-0.15, -0.1) is 0 Å². The molecule has 3 rings (SSSR count). The van der Waals surface area contributed by atoms with Gasteiger partial charge in [0.05, 0.1) is 31.2 Å². The maximum atomic E-state index is 12.9. The highest BCUT2D eigenvalue weighted by molar-refractivity contribution is 6.08. The molecule has 1 amide bonds. The summed E-state index contributed by atoms with van der Waals surface area (Å²) in [5.74, 6) is 2.01. The van der Waals surface area contributed by atoms with Crippen LogP contribution in [0.15, 0.2) is 34.9 Å². The van der Waals surface area contributed by atoms with Crippen LogP contribution in [0, 0.1) is 0 Å². The Bertz CT molecular complexity index is 692. The van der Waals surface area contributed by atoms with Gasteiger partial charge in [0.15, 0.2) is 0 Å². The van der Waals surface area contributed by atoms with Gasteiger partial charge in [-0.1, -0.05) is 6.92 Å². The van der Waals surface area contributed by atoms with Crippen LogP contribution >= 0.6 is 0 Å². The molecule has 116 valence electrons. The van der Waals surface area contributed by atoms with Crippen LogP contribution in [-0.2, 0) is 6.42 Å². The van der Waals surface area contributed by atoms with Crippen molar-refractivity contribution in [1.29, 1.82) is 0 Å². The number of fused-ring (bicyclic) bond motifs is 1. The molecule has 1 atom stereocenters. The lowest BCUT2D eigenvalue weighted by molar-refractivity contribution is 0.0959. The summed E-state index contributed by atoms with van der Waals surface area (Å²) in [5.41, 5.74) is 1.33. The van der Waals surface area contributed by atoms with E-state index >= 15 is 0 Å². The van der Waals surface area contributed by atoms with Crippen molar-refractivity contribution in [3.8, 4) is 11.5 Å². The first-order valence-electron chi connectivity index (χ1n) is 7.37. The molecule has 1 aromatic carbocycles. The fraction of sp³-hybridized carbons (Fsp3) is 0.353. The number of amides is 1. The first-order chi connectivity index (χ1) is 10.6. The number of carbonyl (C=O) groups excluding carboxylic acids is 1. The predicted molar refractivity (Wildman–Crippen MR) is 82.8 cm³/mol. The molecule has 0 saturated carbocycles. The normalized spacial score (nSPS) is 16.9. The summed E-state index contributed by atoms with van der Waals surface area (Å²) in [7, 11) is 1.60. The van der Waals surface area contributed by atoms with E-state index in [2.05, 4.69) is 0 Å². The van der Waals surface area contributed by atoms with Crippen molar-refractivity contribution < 1.29 is 18.7 Å². The van der Waals surface area contributed by atoms with E-state index in [9.17, 15) is 4.79 Å². The van der Waals surface area contributed by atoms with Crippen LogP contribution < -0.4 is 14.4 Å². The van der Waals surface area contributed by atoms with Gasteiger partial charge >= 0.3 is 0 Å². The molecule has 5 heteroatoms. The van der Waals surface area contributed by atoms with E-state index in [-0.39, 0.29) is 12.0 Å². The molecule has 0 spiro atoms. The maximum Gasteiger partial charge on any atom is 0.262 e. The average molecular weight is 301 g/mol. The standard InChI is InChI=1S/C17H19NO4/c1-4-15-13(7-8-21-15)17(19)18-10-11(2)22-16-6-5-12(20-3)9-14(16)18/h5-9,11H,4,10H2,1-3H3. The second kappa shape index (κ2) is 5.75. The molecule has 0 radical (unpaired) electrons. The summed E-state index contributed by atoms with van der Waals surface area (Å²) in [6.45, 7) is 4.41. The molecule has 0 bridgehead atoms. The monoisotopic (exact) mass is 301 g/mol. The average Bonchev–Trinajstić information content (AvgIpc) is 3.01. The highest BCUT2D eigenvalue weighted by Crippen LogP contribution is 2.37. The van der Waals surface area contributed by atoms with E-state index in [0.717, 1.165) is 5.69 Å². The van der Waals surface area contributed by atoms with Crippen LogP contribution in [0.4, 0.5) is 5.69 Å². The van der Waals surface area contributed by atoms with Crippen molar-refractivity contribution in [2.75, 3.05) is 18.6 Å². The van der Waals surface area contributed by atoms with E-state index in [1.807, 2.05) is 32.0 Å². The van der Waals surface area contributed by atoms with Crippen LogP contribution in [0.1, 0.15) is 30.0 Å². The maximum absolute atomic E-state index is 12.9. The van der Waals surface area contributed by atoms with Gasteiger partial charge in [-0.3, -0.25) is 4.79 Å². The van der Waals surface area contributed by atoms with E-state index < -0.39 is 0 Å². The minimum Gasteiger partial charge on any atom is -0.497 e. The third kappa shape index (κ3) is 2.43. The van der Waals surface area contributed by atoms with Crippen LogP contribution in [0.2, 0.25) is 0 Å². The predicted octanol–water partition coefficient (Wildman–Crippen LogP) is 3.28. The van der Waals surface area contributed by atoms with Gasteiger partial charge in [-0.2, -0.15) is 0 Å². The van der Waals surface area contributed by atoms with E-state index in [1.165, 1.54) is 0 Å². The lowest BCUT2D eigenvalue weighted by Crippen LogP contribution is -2.42. The summed E-state index contributed by atoms with van der Waals surface area (Å²) in [6, 6.07) is 7.21. The van der Waals surface area contributed by atoms with E-state index in [1.54, 1.807) is 24.3 Å². The summed E-state index contributed by atoms with van der Waals surface area (Å²) >= 11 is 0. The van der Waals surface area contributed by atoms with Crippen molar-refractivity contribution in [1.82, 2.24) is 0 Å². The second-order valence-electron chi connectivity index (χ2n) is 5.29. The van der Waals surface area contributed by atoms with Gasteiger partial charge in [-0.25, -0.2) is 0 Å². The molecule has 22 heavy (non-hydrogen) atoms. The van der Waals surface area contributed by atoms with Gasteiger partial charge in [0.25, 0.3) is 5.91 Å².